The summed E-state index contributed by atoms with van der Waals surface area (Å²) in [5.41, 5.74) is 0.801. The molecule has 2 aromatic rings. The molecule has 0 saturated heterocycles. The molecule has 2 rings (SSSR count). The van der Waals surface area contributed by atoms with Crippen molar-refractivity contribution in [1.29, 1.82) is 0 Å². The van der Waals surface area contributed by atoms with Crippen molar-refractivity contribution < 1.29 is 13.9 Å². The second-order valence-electron chi connectivity index (χ2n) is 4.71. The fraction of sp³-hybridized carbons (Fsp3) is 0.235. The Morgan fingerprint density at radius 3 is 2.81 bits per heavy atom. The smallest absolute Gasteiger partial charge is 0.167 e. The molecule has 0 aliphatic heterocycles. The van der Waals surface area contributed by atoms with E-state index >= 15 is 0 Å². The Labute approximate surface area is 128 Å². The lowest BCUT2D eigenvalue weighted by atomic mass is 10.0. The highest BCUT2D eigenvalue weighted by Gasteiger charge is 2.12. The minimum atomic E-state index is -0.425. The molecule has 2 aromatic carbocycles. The Morgan fingerprint density at radius 1 is 1.24 bits per heavy atom. The summed E-state index contributed by atoms with van der Waals surface area (Å²) in [5.74, 6) is 0.0542. The van der Waals surface area contributed by atoms with Gasteiger partial charge in [0, 0.05) is 17.0 Å². The lowest BCUT2D eigenvalue weighted by molar-refractivity contribution is 0.0991. The van der Waals surface area contributed by atoms with Gasteiger partial charge < -0.3 is 4.74 Å². The molecule has 0 heterocycles. The van der Waals surface area contributed by atoms with Crippen molar-refractivity contribution in [2.24, 2.45) is 0 Å². The molecule has 0 atom stereocenters. The quantitative estimate of drug-likeness (QED) is 0.723. The van der Waals surface area contributed by atoms with Crippen molar-refractivity contribution in [3.05, 3.63) is 64.4 Å². The fourth-order valence-electron chi connectivity index (χ4n) is 1.93. The van der Waals surface area contributed by atoms with Crippen LogP contribution in [-0.4, -0.2) is 12.4 Å². The number of carbonyl (C=O) groups is 1. The minimum Gasteiger partial charge on any atom is -0.494 e. The molecular formula is C17H16ClFO2. The van der Waals surface area contributed by atoms with E-state index in [4.69, 9.17) is 16.3 Å². The van der Waals surface area contributed by atoms with Crippen molar-refractivity contribution in [1.82, 2.24) is 0 Å². The summed E-state index contributed by atoms with van der Waals surface area (Å²) in [6.07, 6.45) is 0.871. The third kappa shape index (κ3) is 4.30. The number of ether oxygens (including phenoxy) is 1. The van der Waals surface area contributed by atoms with Gasteiger partial charge in [0.05, 0.1) is 6.61 Å². The van der Waals surface area contributed by atoms with Crippen molar-refractivity contribution in [2.75, 3.05) is 6.61 Å². The van der Waals surface area contributed by atoms with Crippen LogP contribution in [0.2, 0.25) is 5.02 Å². The maximum Gasteiger partial charge on any atom is 0.167 e. The summed E-state index contributed by atoms with van der Waals surface area (Å²) >= 11 is 5.83. The molecule has 110 valence electrons. The van der Waals surface area contributed by atoms with E-state index in [0.717, 1.165) is 6.42 Å². The van der Waals surface area contributed by atoms with E-state index in [1.165, 1.54) is 18.2 Å². The average Bonchev–Trinajstić information content (AvgIpc) is 2.49. The normalized spacial score (nSPS) is 10.4. The van der Waals surface area contributed by atoms with Crippen molar-refractivity contribution >= 4 is 17.4 Å². The SMILES string of the molecule is CCCOc1cccc(C(=O)Cc2cc(Cl)ccc2F)c1. The Balaban J connectivity index is 2.14. The van der Waals surface area contributed by atoms with Gasteiger partial charge in [0.25, 0.3) is 0 Å². The van der Waals surface area contributed by atoms with Gasteiger partial charge in [-0.15, -0.1) is 0 Å². The number of ketones is 1. The predicted molar refractivity (Wildman–Crippen MR) is 81.7 cm³/mol. The second kappa shape index (κ2) is 7.23. The third-order valence-corrected chi connectivity index (χ3v) is 3.22. The van der Waals surface area contributed by atoms with E-state index in [9.17, 15) is 9.18 Å². The Kier molecular flexibility index (Phi) is 5.34. The summed E-state index contributed by atoms with van der Waals surface area (Å²) in [5, 5.41) is 0.416. The fourth-order valence-corrected chi connectivity index (χ4v) is 2.13. The maximum atomic E-state index is 13.7. The summed E-state index contributed by atoms with van der Waals surface area (Å²) in [4.78, 5) is 12.2. The molecule has 2 nitrogen and oxygen atoms in total. The molecule has 0 bridgehead atoms. The number of halogens is 2. The van der Waals surface area contributed by atoms with Gasteiger partial charge in [-0.1, -0.05) is 30.7 Å². The zero-order chi connectivity index (χ0) is 15.2. The van der Waals surface area contributed by atoms with Crippen LogP contribution in [0.1, 0.15) is 29.3 Å². The summed E-state index contributed by atoms with van der Waals surface area (Å²) < 4.78 is 19.1. The molecule has 0 amide bonds. The number of benzene rings is 2. The van der Waals surface area contributed by atoms with E-state index in [-0.39, 0.29) is 12.2 Å². The topological polar surface area (TPSA) is 26.3 Å². The highest BCUT2D eigenvalue weighted by molar-refractivity contribution is 6.30. The highest BCUT2D eigenvalue weighted by Crippen LogP contribution is 2.19. The lowest BCUT2D eigenvalue weighted by Crippen LogP contribution is -2.06. The lowest BCUT2D eigenvalue weighted by Gasteiger charge is -2.07. The number of hydrogen-bond acceptors (Lipinski definition) is 2. The minimum absolute atomic E-state index is 0.0242. The van der Waals surface area contributed by atoms with Crippen LogP contribution in [0.5, 0.6) is 5.75 Å². The van der Waals surface area contributed by atoms with Gasteiger partial charge in [-0.05, 0) is 42.3 Å². The van der Waals surface area contributed by atoms with Crippen molar-refractivity contribution in [3.8, 4) is 5.75 Å². The maximum absolute atomic E-state index is 13.7. The molecule has 0 aliphatic carbocycles. The molecule has 0 aliphatic rings. The molecular weight excluding hydrogens is 291 g/mol. The van der Waals surface area contributed by atoms with Gasteiger partial charge in [0.2, 0.25) is 0 Å². The first-order valence-electron chi connectivity index (χ1n) is 6.80. The van der Waals surface area contributed by atoms with Gasteiger partial charge in [0.15, 0.2) is 5.78 Å². The Bertz CT molecular complexity index is 640. The summed E-state index contributed by atoms with van der Waals surface area (Å²) in [6.45, 7) is 2.61. The molecule has 0 aromatic heterocycles. The van der Waals surface area contributed by atoms with Crippen LogP contribution in [0, 0.1) is 5.82 Å². The molecule has 0 fully saturated rings. The zero-order valence-electron chi connectivity index (χ0n) is 11.7. The predicted octanol–water partition coefficient (Wildman–Crippen LogP) is 4.69. The molecule has 0 spiro atoms. The van der Waals surface area contributed by atoms with Gasteiger partial charge in [0.1, 0.15) is 11.6 Å². The second-order valence-corrected chi connectivity index (χ2v) is 5.15. The first-order chi connectivity index (χ1) is 10.1. The van der Waals surface area contributed by atoms with E-state index in [0.29, 0.717) is 28.5 Å². The van der Waals surface area contributed by atoms with Crippen LogP contribution in [-0.2, 0) is 6.42 Å². The van der Waals surface area contributed by atoms with Crippen molar-refractivity contribution in [2.45, 2.75) is 19.8 Å². The molecule has 21 heavy (non-hydrogen) atoms. The summed E-state index contributed by atoms with van der Waals surface area (Å²) in [7, 11) is 0. The first kappa shape index (κ1) is 15.5. The third-order valence-electron chi connectivity index (χ3n) is 2.99. The zero-order valence-corrected chi connectivity index (χ0v) is 12.5. The number of hydrogen-bond donors (Lipinski definition) is 0. The standard InChI is InChI=1S/C17H16ClFO2/c1-2-8-21-15-5-3-4-12(10-15)17(20)11-13-9-14(18)6-7-16(13)19/h3-7,9-10H,2,8,11H2,1H3. The Hall–Kier alpha value is -1.87. The molecule has 0 unspecified atom stereocenters. The van der Waals surface area contributed by atoms with Crippen LogP contribution in [0.15, 0.2) is 42.5 Å². The molecule has 0 saturated carbocycles. The molecule has 0 radical (unpaired) electrons. The highest BCUT2D eigenvalue weighted by atomic mass is 35.5. The van der Waals surface area contributed by atoms with Crippen LogP contribution in [0.4, 0.5) is 4.39 Å². The van der Waals surface area contributed by atoms with E-state index in [1.807, 2.05) is 6.92 Å². The number of Topliss-reactive ketones (excluding diaryl/α,β-unsaturated/α-hetero) is 1. The van der Waals surface area contributed by atoms with Crippen LogP contribution in [0.3, 0.4) is 0 Å². The van der Waals surface area contributed by atoms with E-state index in [2.05, 4.69) is 0 Å². The van der Waals surface area contributed by atoms with Gasteiger partial charge in [-0.3, -0.25) is 4.79 Å². The molecule has 0 N–H and O–H groups in total. The van der Waals surface area contributed by atoms with Gasteiger partial charge in [-0.25, -0.2) is 4.39 Å². The molecule has 4 heteroatoms. The van der Waals surface area contributed by atoms with Gasteiger partial charge in [-0.2, -0.15) is 0 Å². The van der Waals surface area contributed by atoms with Crippen LogP contribution < -0.4 is 4.74 Å². The first-order valence-corrected chi connectivity index (χ1v) is 7.18. The van der Waals surface area contributed by atoms with Crippen molar-refractivity contribution in [3.63, 3.8) is 0 Å². The number of carbonyl (C=O) groups excluding carboxylic acids is 1. The largest absolute Gasteiger partial charge is 0.494 e. The number of rotatable bonds is 6. The summed E-state index contributed by atoms with van der Waals surface area (Å²) in [6, 6.07) is 11.1. The monoisotopic (exact) mass is 306 g/mol. The average molecular weight is 307 g/mol. The van der Waals surface area contributed by atoms with Crippen LogP contribution in [0.25, 0.3) is 0 Å². The van der Waals surface area contributed by atoms with Crippen LogP contribution >= 0.6 is 11.6 Å². The van der Waals surface area contributed by atoms with E-state index < -0.39 is 5.82 Å². The van der Waals surface area contributed by atoms with E-state index in [1.54, 1.807) is 24.3 Å². The van der Waals surface area contributed by atoms with Gasteiger partial charge >= 0.3 is 0 Å². The Morgan fingerprint density at radius 2 is 2.05 bits per heavy atom.